The Morgan fingerprint density at radius 1 is 1.06 bits per heavy atom. The van der Waals surface area contributed by atoms with E-state index >= 15 is 0 Å². The lowest BCUT2D eigenvalue weighted by atomic mass is 10.2. The molecule has 4 heterocycles. The molecule has 1 fully saturated rings. The van der Waals surface area contributed by atoms with Crippen molar-refractivity contribution in [1.29, 1.82) is 0 Å². The summed E-state index contributed by atoms with van der Waals surface area (Å²) >= 11 is 6.06. The van der Waals surface area contributed by atoms with Gasteiger partial charge in [0.15, 0.2) is 11.2 Å². The smallest absolute Gasteiger partial charge is 0.353 e. The summed E-state index contributed by atoms with van der Waals surface area (Å²) in [6.45, 7) is 3.38. The van der Waals surface area contributed by atoms with E-state index in [1.807, 2.05) is 4.90 Å². The summed E-state index contributed by atoms with van der Waals surface area (Å²) in [5.74, 6) is 0.337. The summed E-state index contributed by atoms with van der Waals surface area (Å²) in [5, 5.41) is -0.0287. The van der Waals surface area contributed by atoms with Gasteiger partial charge in [0.2, 0.25) is 0 Å². The third-order valence-corrected chi connectivity index (χ3v) is 6.16. The fourth-order valence-electron chi connectivity index (χ4n) is 4.05. The van der Waals surface area contributed by atoms with Gasteiger partial charge in [-0.2, -0.15) is 13.2 Å². The molecule has 0 atom stereocenters. The molecule has 4 rings (SSSR count). The van der Waals surface area contributed by atoms with Crippen molar-refractivity contribution < 1.29 is 13.2 Å². The molecule has 1 aliphatic heterocycles. The Balaban J connectivity index is 1.36. The molecule has 9 nitrogen and oxygen atoms in total. The molecule has 0 unspecified atom stereocenters. The lowest BCUT2D eigenvalue weighted by Gasteiger charge is -2.35. The van der Waals surface area contributed by atoms with Gasteiger partial charge in [0.05, 0.1) is 16.9 Å². The summed E-state index contributed by atoms with van der Waals surface area (Å²) < 4.78 is 42.7. The van der Waals surface area contributed by atoms with Crippen LogP contribution in [0.5, 0.6) is 0 Å². The fourth-order valence-corrected chi connectivity index (χ4v) is 4.33. The van der Waals surface area contributed by atoms with Gasteiger partial charge in [0, 0.05) is 53.0 Å². The molecule has 0 saturated carbocycles. The minimum atomic E-state index is -4.49. The van der Waals surface area contributed by atoms with E-state index in [1.54, 1.807) is 18.7 Å². The molecule has 0 N–H and O–H groups in total. The Morgan fingerprint density at radius 3 is 2.39 bits per heavy atom. The van der Waals surface area contributed by atoms with E-state index in [2.05, 4.69) is 14.9 Å². The molecule has 0 aromatic carbocycles. The highest BCUT2D eigenvalue weighted by molar-refractivity contribution is 6.33. The number of nitrogens with zero attached hydrogens (tertiary/aromatic N) is 7. The molecular weight excluding hydrogens is 463 g/mol. The molecule has 33 heavy (non-hydrogen) atoms. The normalized spacial score (nSPS) is 15.5. The maximum absolute atomic E-state index is 12.8. The van der Waals surface area contributed by atoms with Crippen molar-refractivity contribution in [2.75, 3.05) is 37.6 Å². The number of hydrogen-bond acceptors (Lipinski definition) is 6. The number of aryl methyl sites for hydroxylation is 2. The number of pyridine rings is 1. The van der Waals surface area contributed by atoms with Crippen molar-refractivity contribution in [3.05, 3.63) is 50.0 Å². The predicted octanol–water partition coefficient (Wildman–Crippen LogP) is 1.71. The van der Waals surface area contributed by atoms with Crippen LogP contribution < -0.4 is 16.1 Å². The summed E-state index contributed by atoms with van der Waals surface area (Å²) in [6.07, 6.45) is -1.59. The Morgan fingerprint density at radius 2 is 1.76 bits per heavy atom. The van der Waals surface area contributed by atoms with Crippen LogP contribution in [0.4, 0.5) is 19.0 Å². The number of fused-ring (bicyclic) bond motifs is 1. The Bertz CT molecular complexity index is 1290. The first kappa shape index (κ1) is 23.3. The van der Waals surface area contributed by atoms with Crippen molar-refractivity contribution >= 4 is 28.6 Å². The van der Waals surface area contributed by atoms with E-state index in [0.717, 1.165) is 12.3 Å². The maximum Gasteiger partial charge on any atom is 0.417 e. The van der Waals surface area contributed by atoms with Crippen molar-refractivity contribution in [3.8, 4) is 0 Å². The third kappa shape index (κ3) is 4.49. The number of imidazole rings is 1. The zero-order valence-electron chi connectivity index (χ0n) is 18.1. The zero-order chi connectivity index (χ0) is 23.9. The number of piperazine rings is 1. The van der Waals surface area contributed by atoms with Crippen molar-refractivity contribution in [2.45, 2.75) is 19.1 Å². The first-order valence-electron chi connectivity index (χ1n) is 10.4. The van der Waals surface area contributed by atoms with Crippen LogP contribution in [0.1, 0.15) is 12.0 Å². The molecule has 3 aromatic rings. The molecule has 3 aromatic heterocycles. The number of alkyl halides is 3. The minimum Gasteiger partial charge on any atom is -0.353 e. The number of anilines is 1. The van der Waals surface area contributed by atoms with Crippen LogP contribution >= 0.6 is 11.6 Å². The van der Waals surface area contributed by atoms with E-state index in [1.165, 1.54) is 15.5 Å². The van der Waals surface area contributed by atoms with E-state index in [0.29, 0.717) is 56.1 Å². The summed E-state index contributed by atoms with van der Waals surface area (Å²) in [7, 11) is 3.30. The van der Waals surface area contributed by atoms with Gasteiger partial charge in [-0.1, -0.05) is 11.6 Å². The van der Waals surface area contributed by atoms with Gasteiger partial charge in [-0.3, -0.25) is 18.8 Å². The molecule has 0 bridgehead atoms. The van der Waals surface area contributed by atoms with Gasteiger partial charge < -0.3 is 9.47 Å². The minimum absolute atomic E-state index is 0.0287. The highest BCUT2D eigenvalue weighted by Crippen LogP contribution is 2.33. The second kappa shape index (κ2) is 8.82. The van der Waals surface area contributed by atoms with E-state index in [-0.39, 0.29) is 17.1 Å². The first-order valence-corrected chi connectivity index (χ1v) is 10.8. The van der Waals surface area contributed by atoms with Crippen LogP contribution in [-0.4, -0.2) is 61.3 Å². The third-order valence-electron chi connectivity index (χ3n) is 5.88. The molecule has 1 aliphatic rings. The van der Waals surface area contributed by atoms with Crippen LogP contribution in [0.15, 0.2) is 28.2 Å². The monoisotopic (exact) mass is 485 g/mol. The van der Waals surface area contributed by atoms with Crippen LogP contribution in [0.3, 0.4) is 0 Å². The summed E-state index contributed by atoms with van der Waals surface area (Å²) in [6, 6.07) is 0.896. The molecular formula is C20H23ClF3N7O2. The largest absolute Gasteiger partial charge is 0.417 e. The second-order valence-corrected chi connectivity index (χ2v) is 8.44. The molecule has 13 heteroatoms. The zero-order valence-corrected chi connectivity index (χ0v) is 18.9. The van der Waals surface area contributed by atoms with Gasteiger partial charge in [0.1, 0.15) is 5.82 Å². The van der Waals surface area contributed by atoms with Gasteiger partial charge >= 0.3 is 11.9 Å². The molecule has 0 amide bonds. The number of hydrogen-bond donors (Lipinski definition) is 0. The SMILES string of the molecule is Cn1cnc2c1c(=O)n(CCCN1CCN(c3ncc(C(F)(F)F)cc3Cl)CC1)c(=O)n2C. The molecule has 178 valence electrons. The predicted molar refractivity (Wildman–Crippen MR) is 118 cm³/mol. The standard InChI is InChI=1S/C20H23ClF3N7O2/c1-27-12-26-17-15(27)18(32)31(19(33)28(17)2)5-3-4-29-6-8-30(9-7-29)16-14(21)10-13(11-25-16)20(22,23)24/h10-12H,3-9H2,1-2H3. The average molecular weight is 486 g/mol. The summed E-state index contributed by atoms with van der Waals surface area (Å²) in [4.78, 5) is 37.4. The van der Waals surface area contributed by atoms with Gasteiger partial charge in [-0.25, -0.2) is 14.8 Å². The van der Waals surface area contributed by atoms with E-state index < -0.39 is 17.4 Å². The molecule has 1 saturated heterocycles. The number of aromatic nitrogens is 5. The molecule has 0 spiro atoms. The molecule has 0 radical (unpaired) electrons. The molecule has 0 aliphatic carbocycles. The quantitative estimate of drug-likeness (QED) is 0.547. The van der Waals surface area contributed by atoms with Crippen LogP contribution in [0.2, 0.25) is 5.02 Å². The van der Waals surface area contributed by atoms with Gasteiger partial charge in [-0.05, 0) is 19.0 Å². The van der Waals surface area contributed by atoms with Gasteiger partial charge in [-0.15, -0.1) is 0 Å². The second-order valence-electron chi connectivity index (χ2n) is 8.04. The fraction of sp³-hybridized carbons (Fsp3) is 0.500. The highest BCUT2D eigenvalue weighted by atomic mass is 35.5. The van der Waals surface area contributed by atoms with Crippen LogP contribution in [0, 0.1) is 0 Å². The van der Waals surface area contributed by atoms with Crippen LogP contribution in [-0.2, 0) is 26.8 Å². The Hall–Kier alpha value is -2.86. The Kier molecular flexibility index (Phi) is 6.23. The van der Waals surface area contributed by atoms with Gasteiger partial charge in [0.25, 0.3) is 5.56 Å². The lowest BCUT2D eigenvalue weighted by Crippen LogP contribution is -2.47. The first-order chi connectivity index (χ1) is 15.6. The highest BCUT2D eigenvalue weighted by Gasteiger charge is 2.32. The Labute approximate surface area is 191 Å². The van der Waals surface area contributed by atoms with E-state index in [9.17, 15) is 22.8 Å². The lowest BCUT2D eigenvalue weighted by molar-refractivity contribution is -0.137. The van der Waals surface area contributed by atoms with Crippen molar-refractivity contribution in [3.63, 3.8) is 0 Å². The maximum atomic E-state index is 12.8. The van der Waals surface area contributed by atoms with Crippen molar-refractivity contribution in [1.82, 2.24) is 28.6 Å². The van der Waals surface area contributed by atoms with E-state index in [4.69, 9.17) is 11.6 Å². The average Bonchev–Trinajstić information content (AvgIpc) is 3.16. The topological polar surface area (TPSA) is 81.2 Å². The summed E-state index contributed by atoms with van der Waals surface area (Å²) in [5.41, 5.74) is -0.900. The number of halogens is 4. The van der Waals surface area contributed by atoms with Crippen molar-refractivity contribution in [2.24, 2.45) is 14.1 Å². The van der Waals surface area contributed by atoms with Crippen LogP contribution in [0.25, 0.3) is 11.2 Å². The number of rotatable bonds is 5.